The molecule has 0 saturated heterocycles. The van der Waals surface area contributed by atoms with E-state index in [0.717, 1.165) is 52.9 Å². The third kappa shape index (κ3) is 53.6. The lowest BCUT2D eigenvalue weighted by Crippen LogP contribution is -2.11. The summed E-state index contributed by atoms with van der Waals surface area (Å²) in [4.78, 5) is 0. The molecule has 0 aromatic heterocycles. The predicted octanol–water partition coefficient (Wildman–Crippen LogP) is 5.85. The summed E-state index contributed by atoms with van der Waals surface area (Å²) in [7, 11) is 0. The highest BCUT2D eigenvalue weighted by Gasteiger charge is 1.96. The first kappa shape index (κ1) is 47.6. The molecule has 0 amide bonds. The minimum atomic E-state index is -0.0370. The third-order valence-corrected chi connectivity index (χ3v) is 3.21. The van der Waals surface area contributed by atoms with Gasteiger partial charge in [-0.1, -0.05) is 0 Å². The van der Waals surface area contributed by atoms with Crippen molar-refractivity contribution in [3.05, 3.63) is 0 Å². The van der Waals surface area contributed by atoms with Crippen molar-refractivity contribution < 1.29 is 37.9 Å². The zero-order valence-electron chi connectivity index (χ0n) is 24.2. The third-order valence-electron chi connectivity index (χ3n) is 3.21. The van der Waals surface area contributed by atoms with Gasteiger partial charge in [-0.05, 0) is 83.1 Å². The van der Waals surface area contributed by atoms with E-state index in [0.29, 0.717) is 0 Å². The molecule has 0 saturated carbocycles. The molecular weight excluding hydrogens is 480 g/mol. The number of rotatable bonds is 16. The van der Waals surface area contributed by atoms with Gasteiger partial charge in [0.2, 0.25) is 0 Å². The molecule has 0 aromatic rings. The molecule has 0 aliphatic carbocycles. The molecule has 0 bridgehead atoms. The topological polar surface area (TPSA) is 73.8 Å². The van der Waals surface area contributed by atoms with Gasteiger partial charge < -0.3 is 37.9 Å². The lowest BCUT2D eigenvalue weighted by atomic mass is 10.7. The molecule has 0 rings (SSSR count). The lowest BCUT2D eigenvalue weighted by molar-refractivity contribution is -0.123. The Balaban J connectivity index is -0.0000000754. The summed E-state index contributed by atoms with van der Waals surface area (Å²) in [5.74, 6) is 0. The Bertz CT molecular complexity index is 226. The van der Waals surface area contributed by atoms with Gasteiger partial charge in [-0.25, -0.2) is 0 Å². The molecular formula is C24H60O8S2. The zero-order valence-corrected chi connectivity index (χ0v) is 26.2. The fourth-order valence-corrected chi connectivity index (χ4v) is 2.07. The molecule has 0 aliphatic heterocycles. The summed E-state index contributed by atoms with van der Waals surface area (Å²) >= 11 is 0. The largest absolute Gasteiger partial charge is 0.353 e. The van der Waals surface area contributed by atoms with Crippen LogP contribution in [0.5, 0.6) is 0 Å². The summed E-state index contributed by atoms with van der Waals surface area (Å²) in [6.45, 7) is 29.0. The van der Waals surface area contributed by atoms with Gasteiger partial charge in [-0.15, -0.1) is 0 Å². The summed E-state index contributed by atoms with van der Waals surface area (Å²) in [6.07, 6.45) is -0.148. The van der Waals surface area contributed by atoms with Crippen LogP contribution < -0.4 is 0 Å². The van der Waals surface area contributed by atoms with E-state index in [-0.39, 0.29) is 52.2 Å². The minimum absolute atomic E-state index is 0. The van der Waals surface area contributed by atoms with Crippen LogP contribution in [0, 0.1) is 0 Å². The molecule has 0 heterocycles. The van der Waals surface area contributed by atoms with Crippen LogP contribution in [0.1, 0.15) is 83.1 Å². The minimum Gasteiger partial charge on any atom is -0.353 e. The van der Waals surface area contributed by atoms with E-state index >= 15 is 0 Å². The van der Waals surface area contributed by atoms with E-state index in [2.05, 4.69) is 0 Å². The van der Waals surface area contributed by atoms with Crippen molar-refractivity contribution in [1.29, 1.82) is 0 Å². The molecule has 0 unspecified atom stereocenters. The van der Waals surface area contributed by atoms with Gasteiger partial charge in [-0.3, -0.25) is 0 Å². The molecule has 216 valence electrons. The molecule has 0 radical (unpaired) electrons. The Morgan fingerprint density at radius 2 is 0.382 bits per heavy atom. The smallest absolute Gasteiger partial charge is 0.154 e. The van der Waals surface area contributed by atoms with Crippen molar-refractivity contribution in [1.82, 2.24) is 0 Å². The van der Waals surface area contributed by atoms with E-state index in [9.17, 15) is 0 Å². The Kier molecular flexibility index (Phi) is 60.8. The highest BCUT2D eigenvalue weighted by atomic mass is 32.1. The lowest BCUT2D eigenvalue weighted by Gasteiger charge is -2.09. The predicted molar refractivity (Wildman–Crippen MR) is 152 cm³/mol. The van der Waals surface area contributed by atoms with Gasteiger partial charge in [0.1, 0.15) is 0 Å². The summed E-state index contributed by atoms with van der Waals surface area (Å²) < 4.78 is 40.5. The van der Waals surface area contributed by atoms with Crippen LogP contribution in [0.3, 0.4) is 0 Å². The van der Waals surface area contributed by atoms with Crippen LogP contribution in [0.25, 0.3) is 0 Å². The molecule has 0 N–H and O–H groups in total. The van der Waals surface area contributed by atoms with Crippen molar-refractivity contribution in [2.75, 3.05) is 52.9 Å². The summed E-state index contributed by atoms with van der Waals surface area (Å²) in [5, 5.41) is 0. The quantitative estimate of drug-likeness (QED) is 0.226. The van der Waals surface area contributed by atoms with Crippen molar-refractivity contribution in [2.24, 2.45) is 0 Å². The van der Waals surface area contributed by atoms with Crippen LogP contribution in [0.2, 0.25) is 0 Å². The highest BCUT2D eigenvalue weighted by Crippen LogP contribution is 1.92. The first-order valence-electron chi connectivity index (χ1n) is 12.2. The molecule has 0 fully saturated rings. The molecule has 10 heteroatoms. The number of hydrogen-bond donors (Lipinski definition) is 0. The summed E-state index contributed by atoms with van der Waals surface area (Å²) in [6, 6.07) is 0. The monoisotopic (exact) mass is 540 g/mol. The Hall–Kier alpha value is 0.380. The van der Waals surface area contributed by atoms with E-state index in [1.807, 2.05) is 83.1 Å². The van der Waals surface area contributed by atoms with Crippen LogP contribution in [0.15, 0.2) is 0 Å². The van der Waals surface area contributed by atoms with E-state index < -0.39 is 0 Å². The maximum absolute atomic E-state index is 5.06. The van der Waals surface area contributed by atoms with Gasteiger partial charge in [0.05, 0.1) is 0 Å². The molecule has 34 heavy (non-hydrogen) atoms. The van der Waals surface area contributed by atoms with Gasteiger partial charge in [-0.2, -0.15) is 27.0 Å². The second-order valence-corrected chi connectivity index (χ2v) is 5.91. The van der Waals surface area contributed by atoms with Crippen molar-refractivity contribution >= 4 is 27.0 Å². The Morgan fingerprint density at radius 3 is 0.441 bits per heavy atom. The Labute approximate surface area is 225 Å². The average molecular weight is 541 g/mol. The molecule has 0 aliphatic rings. The van der Waals surface area contributed by atoms with Crippen molar-refractivity contribution in [3.8, 4) is 0 Å². The second kappa shape index (κ2) is 43.5. The van der Waals surface area contributed by atoms with E-state index in [1.54, 1.807) is 0 Å². The van der Waals surface area contributed by atoms with Gasteiger partial charge in [0.15, 0.2) is 25.2 Å². The fraction of sp³-hybridized carbons (Fsp3) is 1.00. The maximum atomic E-state index is 5.06. The normalized spacial score (nSPS) is 9.88. The van der Waals surface area contributed by atoms with E-state index in [4.69, 9.17) is 37.9 Å². The average Bonchev–Trinajstić information content (AvgIpc) is 2.71. The van der Waals surface area contributed by atoms with Crippen molar-refractivity contribution in [3.63, 3.8) is 0 Å². The maximum Gasteiger partial charge on any atom is 0.154 e. The SMILES string of the molecule is CCOC(C)OCC.CCOC(C)OCC.CCOC(C)OCC.CCOC(C)OCC.S.S. The van der Waals surface area contributed by atoms with Crippen LogP contribution in [-0.2, 0) is 37.9 Å². The van der Waals surface area contributed by atoms with Gasteiger partial charge >= 0.3 is 0 Å². The molecule has 0 atom stereocenters. The zero-order chi connectivity index (χ0) is 25.6. The fourth-order valence-electron chi connectivity index (χ4n) is 2.07. The van der Waals surface area contributed by atoms with Gasteiger partial charge in [0, 0.05) is 52.9 Å². The van der Waals surface area contributed by atoms with Crippen LogP contribution >= 0.6 is 27.0 Å². The summed E-state index contributed by atoms with van der Waals surface area (Å²) in [5.41, 5.74) is 0. The number of ether oxygens (including phenoxy) is 8. The molecule has 0 spiro atoms. The molecule has 8 nitrogen and oxygen atoms in total. The highest BCUT2D eigenvalue weighted by molar-refractivity contribution is 7.59. The van der Waals surface area contributed by atoms with Gasteiger partial charge in [0.25, 0.3) is 0 Å². The standard InChI is InChI=1S/4C6H14O2.2H2S/c4*1-4-7-6(3)8-5-2;;/h4*6H,4-5H2,1-3H3;2*1H2. The van der Waals surface area contributed by atoms with Crippen LogP contribution in [-0.4, -0.2) is 78.0 Å². The first-order valence-corrected chi connectivity index (χ1v) is 12.2. The second-order valence-electron chi connectivity index (χ2n) is 5.91. The van der Waals surface area contributed by atoms with Crippen molar-refractivity contribution in [2.45, 2.75) is 108 Å². The first-order chi connectivity index (χ1) is 15.2. The number of hydrogen-bond acceptors (Lipinski definition) is 8. The van der Waals surface area contributed by atoms with E-state index in [1.165, 1.54) is 0 Å². The van der Waals surface area contributed by atoms with Crippen LogP contribution in [0.4, 0.5) is 0 Å². The molecule has 0 aromatic carbocycles. The Morgan fingerprint density at radius 1 is 0.294 bits per heavy atom.